The van der Waals surface area contributed by atoms with Crippen molar-refractivity contribution < 1.29 is 17.1 Å². The molecule has 3 atom stereocenters. The molecule has 2 aliphatic rings. The van der Waals surface area contributed by atoms with Crippen molar-refractivity contribution in [3.8, 4) is 0 Å². The summed E-state index contributed by atoms with van der Waals surface area (Å²) in [5.41, 5.74) is 12.4. The zero-order valence-electron chi connectivity index (χ0n) is 32.3. The van der Waals surface area contributed by atoms with Crippen LogP contribution in [0.4, 0.5) is 0 Å². The Morgan fingerprint density at radius 2 is 0.796 bits per heavy atom. The van der Waals surface area contributed by atoms with Gasteiger partial charge in [0.1, 0.15) is 0 Å². The Morgan fingerprint density at radius 1 is 0.469 bits per heavy atom. The van der Waals surface area contributed by atoms with Gasteiger partial charge in [0.25, 0.3) is 0 Å². The first-order chi connectivity index (χ1) is 22.0. The molecule has 49 heavy (non-hydrogen) atoms. The van der Waals surface area contributed by atoms with E-state index in [1.54, 1.807) is 21.2 Å². The first kappa shape index (κ1) is 43.2. The van der Waals surface area contributed by atoms with Gasteiger partial charge in [-0.25, -0.2) is 0 Å². The maximum absolute atomic E-state index is 2.61. The monoisotopic (exact) mass is 732 g/mol. The van der Waals surface area contributed by atoms with Crippen molar-refractivity contribution in [2.24, 2.45) is 5.92 Å². The fourth-order valence-corrected chi connectivity index (χ4v) is 15.3. The standard InChI is InChI=1S/C39H48P2.C5H8.2CH3.Fe/c1-25-13-26(2)18-34(17-25)40(35-19-27(3)14-28(4)20-35)33(9)38-11-10-12-39(38)41(36-21-29(5)15-30(6)22-36)37-23-31(7)16-32(8)24-37;1-2-4-5-3-1;;;/h13-24,33,38-39H,10-12H2,1-9H3;1-2H,3-5H2;2*1H3;/q;;2*-1;+2/t33-,38?,39?;;;;/m0..../s1. The van der Waals surface area contributed by atoms with E-state index in [4.69, 9.17) is 0 Å². The Kier molecular flexibility index (Phi) is 17.2. The van der Waals surface area contributed by atoms with E-state index in [2.05, 4.69) is 147 Å². The molecule has 2 aliphatic carbocycles. The molecule has 1 saturated carbocycles. The summed E-state index contributed by atoms with van der Waals surface area (Å²) in [5.74, 6) is 0.704. The molecule has 0 nitrogen and oxygen atoms in total. The molecule has 6 rings (SSSR count). The molecule has 2 unspecified atom stereocenters. The molecule has 0 amide bonds. The van der Waals surface area contributed by atoms with E-state index in [1.165, 1.54) is 83.0 Å². The van der Waals surface area contributed by atoms with Crippen LogP contribution < -0.4 is 21.2 Å². The Hall–Kier alpha value is -2.00. The number of aryl methyl sites for hydroxylation is 8. The molecule has 0 spiro atoms. The predicted octanol–water partition coefficient (Wildman–Crippen LogP) is 11.9. The fourth-order valence-electron chi connectivity index (χ4n) is 8.14. The van der Waals surface area contributed by atoms with Crippen molar-refractivity contribution in [3.05, 3.63) is 144 Å². The second-order valence-electron chi connectivity index (χ2n) is 14.4. The van der Waals surface area contributed by atoms with Gasteiger partial charge < -0.3 is 14.9 Å². The summed E-state index contributed by atoms with van der Waals surface area (Å²) >= 11 is 0. The van der Waals surface area contributed by atoms with Crippen molar-refractivity contribution in [2.45, 2.75) is 112 Å². The van der Waals surface area contributed by atoms with Crippen LogP contribution in [0.25, 0.3) is 0 Å². The Labute approximate surface area is 315 Å². The van der Waals surface area contributed by atoms with Crippen LogP contribution in [0.2, 0.25) is 0 Å². The van der Waals surface area contributed by atoms with Gasteiger partial charge in [-0.1, -0.05) is 143 Å². The quantitative estimate of drug-likeness (QED) is 0.0768. The van der Waals surface area contributed by atoms with Gasteiger partial charge in [-0.05, 0) is 142 Å². The van der Waals surface area contributed by atoms with Crippen LogP contribution in [0.1, 0.15) is 90.0 Å². The normalized spacial score (nSPS) is 17.1. The Bertz CT molecular complexity index is 1490. The number of hydrogen-bond acceptors (Lipinski definition) is 0. The van der Waals surface area contributed by atoms with Crippen LogP contribution in [-0.2, 0) is 17.1 Å². The van der Waals surface area contributed by atoms with E-state index >= 15 is 0 Å². The maximum Gasteiger partial charge on any atom is 2.00 e. The first-order valence-electron chi connectivity index (χ1n) is 17.5. The third-order valence-electron chi connectivity index (χ3n) is 9.74. The average Bonchev–Trinajstić information content (AvgIpc) is 3.68. The Balaban J connectivity index is 0.000000956. The summed E-state index contributed by atoms with van der Waals surface area (Å²) in [6.07, 6.45) is 12.5. The van der Waals surface area contributed by atoms with Crippen LogP contribution in [-0.4, -0.2) is 11.3 Å². The molecular formula is C46H62FeP2. The fraction of sp³-hybridized carbons (Fsp3) is 0.391. The molecule has 3 heteroatoms. The summed E-state index contributed by atoms with van der Waals surface area (Å²) in [6.45, 7) is 20.8. The van der Waals surface area contributed by atoms with Crippen LogP contribution >= 0.6 is 15.8 Å². The largest absolute Gasteiger partial charge is 2.00 e. The molecular weight excluding hydrogens is 670 g/mol. The topological polar surface area (TPSA) is 0 Å². The van der Waals surface area contributed by atoms with Gasteiger partial charge in [0.15, 0.2) is 0 Å². The van der Waals surface area contributed by atoms with Crippen molar-refractivity contribution in [2.75, 3.05) is 0 Å². The number of allylic oxidation sites excluding steroid dienone is 2. The van der Waals surface area contributed by atoms with Gasteiger partial charge in [0.05, 0.1) is 0 Å². The molecule has 0 aromatic heterocycles. The molecule has 0 heterocycles. The molecule has 4 aromatic carbocycles. The van der Waals surface area contributed by atoms with Gasteiger partial charge >= 0.3 is 17.1 Å². The summed E-state index contributed by atoms with van der Waals surface area (Å²) in [7, 11) is -0.957. The Morgan fingerprint density at radius 3 is 1.10 bits per heavy atom. The second-order valence-corrected chi connectivity index (χ2v) is 19.5. The van der Waals surface area contributed by atoms with Crippen molar-refractivity contribution in [1.82, 2.24) is 0 Å². The van der Waals surface area contributed by atoms with E-state index in [-0.39, 0.29) is 31.9 Å². The molecule has 4 aromatic rings. The van der Waals surface area contributed by atoms with Crippen LogP contribution in [0.15, 0.2) is 84.9 Å². The van der Waals surface area contributed by atoms with E-state index in [0.29, 0.717) is 17.2 Å². The van der Waals surface area contributed by atoms with Gasteiger partial charge in [-0.15, -0.1) is 0 Å². The summed E-state index contributed by atoms with van der Waals surface area (Å²) in [4.78, 5) is 0. The smallest absolute Gasteiger partial charge is 0.358 e. The minimum atomic E-state index is -0.492. The van der Waals surface area contributed by atoms with Crippen molar-refractivity contribution >= 4 is 37.1 Å². The predicted molar refractivity (Wildman–Crippen MR) is 222 cm³/mol. The SMILES string of the molecule is C1=CCCC1.Cc1cc(C)cc(P(c2cc(C)cc(C)c2)C2CCCC2[C@H](C)P(c2cc(C)cc(C)c2)c2cc(C)cc(C)c2)c1.[CH3-].[CH3-].[Fe+2]. The zero-order chi connectivity index (χ0) is 33.0. The number of benzene rings is 4. The van der Waals surface area contributed by atoms with Crippen LogP contribution in [0.3, 0.4) is 0 Å². The number of hydrogen-bond donors (Lipinski definition) is 0. The summed E-state index contributed by atoms with van der Waals surface area (Å²) in [6, 6.07) is 29.4. The van der Waals surface area contributed by atoms with Crippen molar-refractivity contribution in [1.29, 1.82) is 0 Å². The molecule has 1 fully saturated rings. The zero-order valence-corrected chi connectivity index (χ0v) is 35.2. The van der Waals surface area contributed by atoms with E-state index in [9.17, 15) is 0 Å². The molecule has 0 saturated heterocycles. The maximum atomic E-state index is 2.61. The minimum absolute atomic E-state index is 0. The molecule has 264 valence electrons. The molecule has 0 radical (unpaired) electrons. The molecule has 0 N–H and O–H groups in total. The first-order valence-corrected chi connectivity index (χ1v) is 20.4. The molecule has 0 aliphatic heterocycles. The third kappa shape index (κ3) is 11.2. The van der Waals surface area contributed by atoms with Gasteiger partial charge in [-0.3, -0.25) is 0 Å². The third-order valence-corrected chi connectivity index (χ3v) is 15.5. The minimum Gasteiger partial charge on any atom is -0.358 e. The van der Waals surface area contributed by atoms with E-state index in [1.807, 2.05) is 0 Å². The summed E-state index contributed by atoms with van der Waals surface area (Å²) < 4.78 is 0. The van der Waals surface area contributed by atoms with Crippen LogP contribution in [0, 0.1) is 76.2 Å². The number of rotatable bonds is 7. The van der Waals surface area contributed by atoms with Crippen LogP contribution in [0.5, 0.6) is 0 Å². The molecule has 0 bridgehead atoms. The second kappa shape index (κ2) is 19.6. The van der Waals surface area contributed by atoms with Gasteiger partial charge in [0, 0.05) is 0 Å². The van der Waals surface area contributed by atoms with Gasteiger partial charge in [-0.2, -0.15) is 0 Å². The van der Waals surface area contributed by atoms with E-state index < -0.39 is 15.8 Å². The van der Waals surface area contributed by atoms with Crippen molar-refractivity contribution in [3.63, 3.8) is 0 Å². The van der Waals surface area contributed by atoms with Gasteiger partial charge in [0.2, 0.25) is 0 Å². The summed E-state index contributed by atoms with van der Waals surface area (Å²) in [5, 5.41) is 6.27. The average molecular weight is 733 g/mol. The van der Waals surface area contributed by atoms with E-state index in [0.717, 1.165) is 0 Å².